The average molecular weight is 189 g/mol. The van der Waals surface area contributed by atoms with Crippen LogP contribution in [-0.4, -0.2) is 28.7 Å². The third-order valence-corrected chi connectivity index (χ3v) is 1.93. The smallest absolute Gasteiger partial charge is 0.128 e. The number of hydrogen-bond donors (Lipinski definition) is 1. The van der Waals surface area contributed by atoms with Gasteiger partial charge in [-0.05, 0) is 0 Å². The number of nitrogens with zero attached hydrogens (tertiary/aromatic N) is 3. The normalized spacial score (nSPS) is 11.1. The lowest BCUT2D eigenvalue weighted by Gasteiger charge is -2.11. The van der Waals surface area contributed by atoms with Crippen molar-refractivity contribution in [1.82, 2.24) is 20.0 Å². The molecular formula is C7H13ClN4. The van der Waals surface area contributed by atoms with Crippen LogP contribution in [-0.2, 0) is 13.6 Å². The van der Waals surface area contributed by atoms with Crippen LogP contribution in [0.4, 0.5) is 0 Å². The minimum Gasteiger partial charge on any atom is -0.321 e. The lowest BCUT2D eigenvalue weighted by atomic mass is 10.6. The molecule has 0 aromatic carbocycles. The largest absolute Gasteiger partial charge is 0.321 e. The third kappa shape index (κ3) is 2.20. The highest BCUT2D eigenvalue weighted by Crippen LogP contribution is 2.08. The van der Waals surface area contributed by atoms with Gasteiger partial charge in [0.1, 0.15) is 11.0 Å². The minimum atomic E-state index is 0.658. The summed E-state index contributed by atoms with van der Waals surface area (Å²) in [7, 11) is 5.76. The molecule has 1 aromatic heterocycles. The molecule has 0 atom stereocenters. The molecule has 0 fully saturated rings. The van der Waals surface area contributed by atoms with Gasteiger partial charge in [0.05, 0.1) is 12.7 Å². The highest BCUT2D eigenvalue weighted by Gasteiger charge is 2.03. The zero-order valence-electron chi connectivity index (χ0n) is 7.50. The topological polar surface area (TPSA) is 33.1 Å². The predicted molar refractivity (Wildman–Crippen MR) is 48.7 cm³/mol. The van der Waals surface area contributed by atoms with E-state index in [1.165, 1.54) is 0 Å². The van der Waals surface area contributed by atoms with Gasteiger partial charge in [0, 0.05) is 21.1 Å². The number of hydrogen-bond acceptors (Lipinski definition) is 3. The van der Waals surface area contributed by atoms with Gasteiger partial charge in [0.25, 0.3) is 0 Å². The maximum atomic E-state index is 5.80. The van der Waals surface area contributed by atoms with E-state index in [0.29, 0.717) is 11.7 Å². The van der Waals surface area contributed by atoms with E-state index in [2.05, 4.69) is 10.4 Å². The molecule has 12 heavy (non-hydrogen) atoms. The van der Waals surface area contributed by atoms with Crippen molar-refractivity contribution < 1.29 is 0 Å². The van der Waals surface area contributed by atoms with Gasteiger partial charge in [-0.15, -0.1) is 0 Å². The minimum absolute atomic E-state index is 0.658. The first-order valence-electron chi connectivity index (χ1n) is 3.68. The number of halogens is 1. The van der Waals surface area contributed by atoms with Crippen molar-refractivity contribution >= 4 is 11.6 Å². The second-order valence-corrected chi connectivity index (χ2v) is 3.17. The molecule has 1 heterocycles. The van der Waals surface area contributed by atoms with E-state index in [1.54, 1.807) is 6.20 Å². The average Bonchev–Trinajstić information content (AvgIpc) is 2.30. The molecule has 5 heteroatoms. The number of nitrogens with one attached hydrogen (secondary N) is 1. The Morgan fingerprint density at radius 1 is 1.67 bits per heavy atom. The molecule has 0 saturated heterocycles. The van der Waals surface area contributed by atoms with Gasteiger partial charge >= 0.3 is 0 Å². The summed E-state index contributed by atoms with van der Waals surface area (Å²) in [6, 6.07) is 0. The molecule has 0 aliphatic carbocycles. The summed E-state index contributed by atoms with van der Waals surface area (Å²) in [5, 5.41) is 2.54. The van der Waals surface area contributed by atoms with Gasteiger partial charge < -0.3 is 4.57 Å². The molecule has 0 amide bonds. The molecule has 68 valence electrons. The van der Waals surface area contributed by atoms with Crippen LogP contribution < -0.4 is 5.43 Å². The Morgan fingerprint density at radius 3 is 2.75 bits per heavy atom. The number of imidazole rings is 1. The lowest BCUT2D eigenvalue weighted by molar-refractivity contribution is 0.280. The van der Waals surface area contributed by atoms with E-state index in [9.17, 15) is 0 Å². The highest BCUT2D eigenvalue weighted by molar-refractivity contribution is 6.29. The molecule has 0 aliphatic heterocycles. The van der Waals surface area contributed by atoms with Crippen molar-refractivity contribution in [2.75, 3.05) is 14.1 Å². The van der Waals surface area contributed by atoms with Gasteiger partial charge in [0.2, 0.25) is 0 Å². The van der Waals surface area contributed by atoms with Gasteiger partial charge in [-0.1, -0.05) is 11.6 Å². The van der Waals surface area contributed by atoms with Crippen molar-refractivity contribution in [3.8, 4) is 0 Å². The van der Waals surface area contributed by atoms with Crippen LogP contribution >= 0.6 is 11.6 Å². The first kappa shape index (κ1) is 9.51. The van der Waals surface area contributed by atoms with Crippen molar-refractivity contribution in [2.24, 2.45) is 7.05 Å². The van der Waals surface area contributed by atoms with Crippen LogP contribution in [0.25, 0.3) is 0 Å². The fourth-order valence-corrected chi connectivity index (χ4v) is 0.964. The van der Waals surface area contributed by atoms with E-state index in [4.69, 9.17) is 11.6 Å². The highest BCUT2D eigenvalue weighted by atomic mass is 35.5. The standard InChI is InChI=1S/C7H13ClN4/c1-11(2)10-5-7-9-4-6(8)12(7)3/h4,10H,5H2,1-3H3. The van der Waals surface area contributed by atoms with Crippen molar-refractivity contribution in [3.05, 3.63) is 17.2 Å². The predicted octanol–water partition coefficient (Wildman–Crippen LogP) is 0.640. The first-order chi connectivity index (χ1) is 5.61. The Hall–Kier alpha value is -0.580. The Balaban J connectivity index is 2.58. The molecule has 1 rings (SSSR count). The van der Waals surface area contributed by atoms with Crippen LogP contribution in [0.2, 0.25) is 5.15 Å². The fourth-order valence-electron chi connectivity index (χ4n) is 0.817. The molecule has 1 aromatic rings. The van der Waals surface area contributed by atoms with Crippen LogP contribution in [0.5, 0.6) is 0 Å². The van der Waals surface area contributed by atoms with Crippen LogP contribution in [0.3, 0.4) is 0 Å². The van der Waals surface area contributed by atoms with E-state index < -0.39 is 0 Å². The molecule has 0 spiro atoms. The molecule has 0 aliphatic rings. The Kier molecular flexibility index (Phi) is 3.08. The molecule has 1 N–H and O–H groups in total. The molecule has 0 bridgehead atoms. The second kappa shape index (κ2) is 3.89. The van der Waals surface area contributed by atoms with Crippen molar-refractivity contribution in [1.29, 1.82) is 0 Å². The molecule has 0 radical (unpaired) electrons. The van der Waals surface area contributed by atoms with Crippen LogP contribution in [0.1, 0.15) is 5.82 Å². The van der Waals surface area contributed by atoms with E-state index in [0.717, 1.165) is 5.82 Å². The Bertz CT molecular complexity index is 256. The molecule has 4 nitrogen and oxygen atoms in total. The summed E-state index contributed by atoms with van der Waals surface area (Å²) in [5.41, 5.74) is 3.11. The summed E-state index contributed by atoms with van der Waals surface area (Å²) in [6.07, 6.45) is 1.65. The van der Waals surface area contributed by atoms with Gasteiger partial charge in [-0.25, -0.2) is 10.4 Å². The zero-order chi connectivity index (χ0) is 9.14. The third-order valence-electron chi connectivity index (χ3n) is 1.58. The number of hydrazine groups is 1. The zero-order valence-corrected chi connectivity index (χ0v) is 8.26. The van der Waals surface area contributed by atoms with Crippen LogP contribution in [0.15, 0.2) is 6.20 Å². The second-order valence-electron chi connectivity index (χ2n) is 2.79. The number of rotatable bonds is 3. The SMILES string of the molecule is CN(C)NCc1ncc(Cl)n1C. The van der Waals surface area contributed by atoms with E-state index in [1.807, 2.05) is 30.7 Å². The maximum absolute atomic E-state index is 5.80. The van der Waals surface area contributed by atoms with Crippen molar-refractivity contribution in [3.63, 3.8) is 0 Å². The van der Waals surface area contributed by atoms with E-state index in [-0.39, 0.29) is 0 Å². The summed E-state index contributed by atoms with van der Waals surface area (Å²) in [6.45, 7) is 0.691. The Labute approximate surface area is 77.1 Å². The van der Waals surface area contributed by atoms with Crippen LogP contribution in [0, 0.1) is 0 Å². The van der Waals surface area contributed by atoms with Gasteiger partial charge in [-0.2, -0.15) is 0 Å². The molecular weight excluding hydrogens is 176 g/mol. The monoisotopic (exact) mass is 188 g/mol. The fraction of sp³-hybridized carbons (Fsp3) is 0.571. The summed E-state index contributed by atoms with van der Waals surface area (Å²) in [5.74, 6) is 0.925. The lowest BCUT2D eigenvalue weighted by Crippen LogP contribution is -2.30. The number of aromatic nitrogens is 2. The summed E-state index contributed by atoms with van der Waals surface area (Å²) in [4.78, 5) is 4.13. The van der Waals surface area contributed by atoms with Gasteiger partial charge in [-0.3, -0.25) is 5.01 Å². The van der Waals surface area contributed by atoms with Crippen molar-refractivity contribution in [2.45, 2.75) is 6.54 Å². The Morgan fingerprint density at radius 2 is 2.33 bits per heavy atom. The summed E-state index contributed by atoms with van der Waals surface area (Å²) < 4.78 is 1.85. The first-order valence-corrected chi connectivity index (χ1v) is 4.06. The molecule has 0 unspecified atom stereocenters. The van der Waals surface area contributed by atoms with Gasteiger partial charge in [0.15, 0.2) is 0 Å². The quantitative estimate of drug-likeness (QED) is 0.707. The molecule has 0 saturated carbocycles. The summed E-state index contributed by atoms with van der Waals surface area (Å²) >= 11 is 5.80. The van der Waals surface area contributed by atoms with E-state index >= 15 is 0 Å². The maximum Gasteiger partial charge on any atom is 0.128 e.